The number of hydrogen-bond donors (Lipinski definition) is 0. The summed E-state index contributed by atoms with van der Waals surface area (Å²) in [6, 6.07) is 15.3. The maximum Gasteiger partial charge on any atom is 0.201 e. The smallest absolute Gasteiger partial charge is 0.201 e. The Morgan fingerprint density at radius 2 is 1.51 bits per heavy atom. The maximum atomic E-state index is 15.1. The summed E-state index contributed by atoms with van der Waals surface area (Å²) in [6.07, 6.45) is 9.63. The summed E-state index contributed by atoms with van der Waals surface area (Å²) in [7, 11) is 0. The first-order valence-electron chi connectivity index (χ1n) is 13.6. The van der Waals surface area contributed by atoms with E-state index in [1.54, 1.807) is 37.3 Å². The van der Waals surface area contributed by atoms with Crippen molar-refractivity contribution in [3.8, 4) is 28.0 Å². The van der Waals surface area contributed by atoms with Gasteiger partial charge in [-0.05, 0) is 66.6 Å². The summed E-state index contributed by atoms with van der Waals surface area (Å²) >= 11 is 0. The van der Waals surface area contributed by atoms with Gasteiger partial charge in [0, 0.05) is 11.5 Å². The molecule has 0 spiro atoms. The van der Waals surface area contributed by atoms with Crippen LogP contribution in [-0.2, 0) is 4.74 Å². The zero-order chi connectivity index (χ0) is 26.2. The number of ether oxygens (including phenoxy) is 2. The fraction of sp³-hybridized carbons (Fsp3) is 0.438. The van der Waals surface area contributed by atoms with Crippen LogP contribution >= 0.6 is 0 Å². The molecule has 1 saturated heterocycles. The molecule has 2 unspecified atom stereocenters. The SMILES string of the molecule is CCCCCCCC1CCC(c2ccc(-c3ccc(-c4ccc(OCC)c(F)c4F)cc3)cc2F)CO1. The van der Waals surface area contributed by atoms with Crippen molar-refractivity contribution in [2.75, 3.05) is 13.2 Å². The van der Waals surface area contributed by atoms with Crippen molar-refractivity contribution in [3.63, 3.8) is 0 Å². The van der Waals surface area contributed by atoms with E-state index < -0.39 is 11.6 Å². The topological polar surface area (TPSA) is 18.5 Å². The Kier molecular flexibility index (Phi) is 9.68. The van der Waals surface area contributed by atoms with E-state index in [4.69, 9.17) is 9.47 Å². The van der Waals surface area contributed by atoms with Crippen LogP contribution in [0, 0.1) is 17.5 Å². The van der Waals surface area contributed by atoms with Gasteiger partial charge in [-0.3, -0.25) is 0 Å². The van der Waals surface area contributed by atoms with Gasteiger partial charge in [-0.1, -0.05) is 75.4 Å². The first kappa shape index (κ1) is 27.3. The number of benzene rings is 3. The maximum absolute atomic E-state index is 15.1. The van der Waals surface area contributed by atoms with Gasteiger partial charge < -0.3 is 9.47 Å². The van der Waals surface area contributed by atoms with Crippen molar-refractivity contribution in [3.05, 3.63) is 77.6 Å². The minimum atomic E-state index is -0.994. The minimum absolute atomic E-state index is 0.0744. The van der Waals surface area contributed by atoms with Gasteiger partial charge in [-0.2, -0.15) is 4.39 Å². The minimum Gasteiger partial charge on any atom is -0.491 e. The molecular formula is C32H37F3O2. The van der Waals surface area contributed by atoms with Gasteiger partial charge in [-0.25, -0.2) is 8.78 Å². The lowest BCUT2D eigenvalue weighted by molar-refractivity contribution is -0.00273. The quantitative estimate of drug-likeness (QED) is 0.239. The van der Waals surface area contributed by atoms with Crippen LogP contribution in [0.2, 0.25) is 0 Å². The van der Waals surface area contributed by atoms with Crippen LogP contribution in [0.1, 0.15) is 76.7 Å². The Labute approximate surface area is 218 Å². The molecule has 0 N–H and O–H groups in total. The molecule has 198 valence electrons. The van der Waals surface area contributed by atoms with Gasteiger partial charge in [0.2, 0.25) is 5.82 Å². The van der Waals surface area contributed by atoms with Crippen LogP contribution in [0.3, 0.4) is 0 Å². The number of unbranched alkanes of at least 4 members (excludes halogenated alkanes) is 4. The molecule has 2 nitrogen and oxygen atoms in total. The molecule has 0 saturated carbocycles. The molecule has 3 aromatic carbocycles. The summed E-state index contributed by atoms with van der Waals surface area (Å²) in [5.74, 6) is -2.19. The Morgan fingerprint density at radius 3 is 2.19 bits per heavy atom. The first-order valence-corrected chi connectivity index (χ1v) is 13.6. The van der Waals surface area contributed by atoms with Crippen molar-refractivity contribution in [2.45, 2.75) is 77.2 Å². The van der Waals surface area contributed by atoms with Crippen molar-refractivity contribution in [1.82, 2.24) is 0 Å². The average molecular weight is 511 g/mol. The van der Waals surface area contributed by atoms with Crippen LogP contribution in [0.4, 0.5) is 13.2 Å². The molecule has 1 fully saturated rings. The third-order valence-corrected chi connectivity index (χ3v) is 7.32. The second kappa shape index (κ2) is 13.1. The molecule has 5 heteroatoms. The number of halogens is 3. The van der Waals surface area contributed by atoms with Gasteiger partial charge in [0.25, 0.3) is 0 Å². The van der Waals surface area contributed by atoms with Crippen molar-refractivity contribution >= 4 is 0 Å². The van der Waals surface area contributed by atoms with Crippen LogP contribution < -0.4 is 4.74 Å². The zero-order valence-corrected chi connectivity index (χ0v) is 21.9. The third kappa shape index (κ3) is 6.75. The monoisotopic (exact) mass is 510 g/mol. The largest absolute Gasteiger partial charge is 0.491 e. The van der Waals surface area contributed by atoms with Gasteiger partial charge in [0.05, 0.1) is 19.3 Å². The number of rotatable bonds is 11. The number of hydrogen-bond acceptors (Lipinski definition) is 2. The van der Waals surface area contributed by atoms with E-state index in [0.717, 1.165) is 30.4 Å². The standard InChI is InChI=1S/C32H37F3O2/c1-3-5-6-7-8-9-26-16-14-25(21-37-26)27-17-15-24(20-29(27)33)22-10-12-23(13-11-22)28-18-19-30(36-4-2)32(35)31(28)34/h10-13,15,17-20,25-26H,3-9,14,16,21H2,1-2H3. The molecule has 3 aromatic rings. The summed E-state index contributed by atoms with van der Waals surface area (Å²) in [4.78, 5) is 0. The van der Waals surface area contributed by atoms with Crippen molar-refractivity contribution in [1.29, 1.82) is 0 Å². The van der Waals surface area contributed by atoms with Gasteiger partial charge in [-0.15, -0.1) is 0 Å². The molecule has 0 radical (unpaired) electrons. The lowest BCUT2D eigenvalue weighted by Crippen LogP contribution is -2.25. The second-order valence-electron chi connectivity index (χ2n) is 9.92. The van der Waals surface area contributed by atoms with Gasteiger partial charge in [0.1, 0.15) is 5.82 Å². The van der Waals surface area contributed by atoms with Crippen LogP contribution in [0.25, 0.3) is 22.3 Å². The van der Waals surface area contributed by atoms with E-state index in [1.807, 2.05) is 12.1 Å². The highest BCUT2D eigenvalue weighted by molar-refractivity contribution is 5.71. The van der Waals surface area contributed by atoms with E-state index in [1.165, 1.54) is 44.2 Å². The Morgan fingerprint density at radius 1 is 0.784 bits per heavy atom. The van der Waals surface area contributed by atoms with E-state index in [0.29, 0.717) is 23.8 Å². The summed E-state index contributed by atoms with van der Waals surface area (Å²) in [6.45, 7) is 4.76. The lowest BCUT2D eigenvalue weighted by atomic mass is 9.88. The zero-order valence-electron chi connectivity index (χ0n) is 21.9. The fourth-order valence-corrected chi connectivity index (χ4v) is 5.16. The molecule has 0 bridgehead atoms. The van der Waals surface area contributed by atoms with Crippen LogP contribution in [-0.4, -0.2) is 19.3 Å². The van der Waals surface area contributed by atoms with Crippen LogP contribution in [0.15, 0.2) is 54.6 Å². The molecule has 0 aromatic heterocycles. The van der Waals surface area contributed by atoms with E-state index >= 15 is 4.39 Å². The molecule has 0 aliphatic carbocycles. The Hall–Kier alpha value is -2.79. The molecular weight excluding hydrogens is 473 g/mol. The summed E-state index contributed by atoms with van der Waals surface area (Å²) in [5, 5.41) is 0. The predicted octanol–water partition coefficient (Wildman–Crippen LogP) is 9.46. The molecule has 37 heavy (non-hydrogen) atoms. The molecule has 1 aliphatic rings. The first-order chi connectivity index (χ1) is 18.0. The molecule has 1 heterocycles. The van der Waals surface area contributed by atoms with Crippen molar-refractivity contribution in [2.24, 2.45) is 0 Å². The van der Waals surface area contributed by atoms with Gasteiger partial charge >= 0.3 is 0 Å². The summed E-state index contributed by atoms with van der Waals surface area (Å²) in [5.41, 5.74) is 2.95. The predicted molar refractivity (Wildman–Crippen MR) is 143 cm³/mol. The second-order valence-corrected chi connectivity index (χ2v) is 9.92. The average Bonchev–Trinajstić information content (AvgIpc) is 2.92. The van der Waals surface area contributed by atoms with E-state index in [2.05, 4.69) is 6.92 Å². The molecule has 4 rings (SSSR count). The highest BCUT2D eigenvalue weighted by Gasteiger charge is 2.25. The van der Waals surface area contributed by atoms with Crippen LogP contribution in [0.5, 0.6) is 5.75 Å². The molecule has 0 amide bonds. The molecule has 2 atom stereocenters. The molecule has 1 aliphatic heterocycles. The van der Waals surface area contributed by atoms with Gasteiger partial charge in [0.15, 0.2) is 11.6 Å². The summed E-state index contributed by atoms with van der Waals surface area (Å²) < 4.78 is 55.2. The van der Waals surface area contributed by atoms with E-state index in [9.17, 15) is 8.78 Å². The highest BCUT2D eigenvalue weighted by Crippen LogP contribution is 2.35. The third-order valence-electron chi connectivity index (χ3n) is 7.32. The van der Waals surface area contributed by atoms with E-state index in [-0.39, 0.29) is 29.7 Å². The van der Waals surface area contributed by atoms with Crippen molar-refractivity contribution < 1.29 is 22.6 Å². The normalized spacial score (nSPS) is 17.6. The Bertz CT molecular complexity index is 1150. The fourth-order valence-electron chi connectivity index (χ4n) is 5.16. The highest BCUT2D eigenvalue weighted by atomic mass is 19.2. The lowest BCUT2D eigenvalue weighted by Gasteiger charge is -2.29. The Balaban J connectivity index is 1.38.